The fourth-order valence-corrected chi connectivity index (χ4v) is 4.59. The number of aryl methyl sites for hydroxylation is 1. The number of nitrogens with zero attached hydrogens (tertiary/aromatic N) is 4. The van der Waals surface area contributed by atoms with Crippen molar-refractivity contribution in [3.05, 3.63) is 144 Å². The van der Waals surface area contributed by atoms with E-state index < -0.39 is 0 Å². The number of hydrogen-bond donors (Lipinski definition) is 1. The molecular formula is C34H29N5O3. The Hall–Kier alpha value is -5.50. The van der Waals surface area contributed by atoms with E-state index in [1.807, 2.05) is 122 Å². The Labute approximate surface area is 243 Å². The molecule has 8 nitrogen and oxygen atoms in total. The van der Waals surface area contributed by atoms with Gasteiger partial charge in [0.1, 0.15) is 17.2 Å². The zero-order chi connectivity index (χ0) is 28.7. The maximum Gasteiger partial charge on any atom is 0.278 e. The minimum Gasteiger partial charge on any atom is -0.493 e. The molecule has 0 aliphatic heterocycles. The highest BCUT2D eigenvalue weighted by atomic mass is 16.5. The lowest BCUT2D eigenvalue weighted by Gasteiger charge is -2.08. The molecule has 0 fully saturated rings. The third-order valence-electron chi connectivity index (χ3n) is 6.71. The van der Waals surface area contributed by atoms with Crippen molar-refractivity contribution >= 4 is 11.6 Å². The van der Waals surface area contributed by atoms with Gasteiger partial charge in [-0.15, -0.1) is 5.10 Å². The van der Waals surface area contributed by atoms with Crippen LogP contribution < -0.4 is 10.1 Å². The lowest BCUT2D eigenvalue weighted by molar-refractivity contribution is 0.102. The van der Waals surface area contributed by atoms with Gasteiger partial charge in [-0.05, 0) is 61.0 Å². The number of para-hydroxylation sites is 2. The van der Waals surface area contributed by atoms with Gasteiger partial charge in [0.15, 0.2) is 5.69 Å². The first kappa shape index (κ1) is 26.7. The van der Waals surface area contributed by atoms with E-state index in [0.29, 0.717) is 36.7 Å². The SMILES string of the molecule is Cc1oc(-c2ccccc2)nc1CCOc1cccc(Cc2nn(-c3ccccc3)nc2C(=O)Nc2ccccc2)c1. The molecule has 0 atom stereocenters. The van der Waals surface area contributed by atoms with Gasteiger partial charge in [-0.2, -0.15) is 9.90 Å². The molecule has 0 spiro atoms. The smallest absolute Gasteiger partial charge is 0.278 e. The number of aromatic nitrogens is 4. The summed E-state index contributed by atoms with van der Waals surface area (Å²) in [5.74, 6) is 1.81. The number of carbonyl (C=O) groups is 1. The largest absolute Gasteiger partial charge is 0.493 e. The molecule has 2 aromatic heterocycles. The summed E-state index contributed by atoms with van der Waals surface area (Å²) in [6, 6.07) is 36.5. The Kier molecular flexibility index (Phi) is 7.85. The van der Waals surface area contributed by atoms with Crippen molar-refractivity contribution in [3.63, 3.8) is 0 Å². The van der Waals surface area contributed by atoms with Gasteiger partial charge in [-0.25, -0.2) is 4.98 Å². The normalized spacial score (nSPS) is 10.9. The molecule has 0 aliphatic carbocycles. The van der Waals surface area contributed by atoms with Crippen LogP contribution in [-0.2, 0) is 12.8 Å². The lowest BCUT2D eigenvalue weighted by Crippen LogP contribution is -2.15. The summed E-state index contributed by atoms with van der Waals surface area (Å²) in [5.41, 5.74) is 5.06. The fraction of sp³-hybridized carbons (Fsp3) is 0.118. The van der Waals surface area contributed by atoms with Gasteiger partial charge < -0.3 is 14.5 Å². The van der Waals surface area contributed by atoms with Crippen molar-refractivity contribution in [2.24, 2.45) is 0 Å². The number of ether oxygens (including phenoxy) is 1. The third-order valence-corrected chi connectivity index (χ3v) is 6.71. The van der Waals surface area contributed by atoms with E-state index in [1.165, 1.54) is 4.80 Å². The Morgan fingerprint density at radius 3 is 2.31 bits per heavy atom. The van der Waals surface area contributed by atoms with Gasteiger partial charge >= 0.3 is 0 Å². The molecule has 6 aromatic rings. The maximum atomic E-state index is 13.3. The predicted octanol–water partition coefficient (Wildman–Crippen LogP) is 6.70. The van der Waals surface area contributed by atoms with E-state index in [-0.39, 0.29) is 11.6 Å². The molecule has 0 unspecified atom stereocenters. The zero-order valence-corrected chi connectivity index (χ0v) is 23.1. The second kappa shape index (κ2) is 12.3. The van der Waals surface area contributed by atoms with Crippen molar-refractivity contribution < 1.29 is 13.9 Å². The van der Waals surface area contributed by atoms with Crippen LogP contribution in [0, 0.1) is 6.92 Å². The van der Waals surface area contributed by atoms with Gasteiger partial charge in [-0.3, -0.25) is 4.79 Å². The van der Waals surface area contributed by atoms with Crippen molar-refractivity contribution in [2.45, 2.75) is 19.8 Å². The van der Waals surface area contributed by atoms with Crippen LogP contribution in [0.5, 0.6) is 5.75 Å². The molecule has 4 aromatic carbocycles. The monoisotopic (exact) mass is 555 g/mol. The summed E-state index contributed by atoms with van der Waals surface area (Å²) in [4.78, 5) is 19.4. The first-order chi connectivity index (χ1) is 20.6. The highest BCUT2D eigenvalue weighted by Gasteiger charge is 2.20. The van der Waals surface area contributed by atoms with Crippen LogP contribution >= 0.6 is 0 Å². The van der Waals surface area contributed by atoms with Gasteiger partial charge in [0, 0.05) is 24.1 Å². The molecule has 0 saturated carbocycles. The summed E-state index contributed by atoms with van der Waals surface area (Å²) in [5, 5.41) is 12.2. The van der Waals surface area contributed by atoms with Crippen LogP contribution in [0.15, 0.2) is 120 Å². The second-order valence-corrected chi connectivity index (χ2v) is 9.75. The molecular weight excluding hydrogens is 526 g/mol. The lowest BCUT2D eigenvalue weighted by atomic mass is 10.1. The topological polar surface area (TPSA) is 95.1 Å². The zero-order valence-electron chi connectivity index (χ0n) is 23.1. The van der Waals surface area contributed by atoms with E-state index in [4.69, 9.17) is 14.3 Å². The number of benzene rings is 4. The molecule has 2 heterocycles. The quantitative estimate of drug-likeness (QED) is 0.202. The van der Waals surface area contributed by atoms with E-state index in [0.717, 1.165) is 34.0 Å². The molecule has 0 aliphatic rings. The highest BCUT2D eigenvalue weighted by Crippen LogP contribution is 2.23. The minimum absolute atomic E-state index is 0.268. The summed E-state index contributed by atoms with van der Waals surface area (Å²) in [6.07, 6.45) is 1.02. The predicted molar refractivity (Wildman–Crippen MR) is 161 cm³/mol. The number of amides is 1. The molecule has 42 heavy (non-hydrogen) atoms. The Balaban J connectivity index is 1.17. The number of nitrogens with one attached hydrogen (secondary N) is 1. The number of anilines is 1. The van der Waals surface area contributed by atoms with Crippen molar-refractivity contribution in [1.29, 1.82) is 0 Å². The molecule has 0 radical (unpaired) electrons. The fourth-order valence-electron chi connectivity index (χ4n) is 4.59. The molecule has 8 heteroatoms. The summed E-state index contributed by atoms with van der Waals surface area (Å²) < 4.78 is 12.0. The molecule has 1 amide bonds. The summed E-state index contributed by atoms with van der Waals surface area (Å²) in [6.45, 7) is 2.36. The van der Waals surface area contributed by atoms with Crippen LogP contribution in [0.25, 0.3) is 17.1 Å². The van der Waals surface area contributed by atoms with Crippen LogP contribution in [-0.4, -0.2) is 32.5 Å². The molecule has 6 rings (SSSR count). The molecule has 0 saturated heterocycles. The van der Waals surface area contributed by atoms with Gasteiger partial charge in [0.05, 0.1) is 18.0 Å². The molecule has 208 valence electrons. The van der Waals surface area contributed by atoms with Crippen molar-refractivity contribution in [1.82, 2.24) is 20.0 Å². The van der Waals surface area contributed by atoms with E-state index in [2.05, 4.69) is 15.4 Å². The van der Waals surface area contributed by atoms with Crippen LogP contribution in [0.3, 0.4) is 0 Å². The summed E-state index contributed by atoms with van der Waals surface area (Å²) >= 11 is 0. The van der Waals surface area contributed by atoms with Crippen molar-refractivity contribution in [2.75, 3.05) is 11.9 Å². The number of rotatable bonds is 10. The van der Waals surface area contributed by atoms with Crippen LogP contribution in [0.2, 0.25) is 0 Å². The average molecular weight is 556 g/mol. The first-order valence-electron chi connectivity index (χ1n) is 13.7. The average Bonchev–Trinajstić information content (AvgIpc) is 3.62. The second-order valence-electron chi connectivity index (χ2n) is 9.75. The van der Waals surface area contributed by atoms with Gasteiger partial charge in [0.2, 0.25) is 5.89 Å². The maximum absolute atomic E-state index is 13.3. The van der Waals surface area contributed by atoms with E-state index in [9.17, 15) is 4.79 Å². The number of hydrogen-bond acceptors (Lipinski definition) is 6. The van der Waals surface area contributed by atoms with Crippen LogP contribution in [0.1, 0.15) is 33.2 Å². The standard InChI is InChI=1S/C34H29N5O3/c1-24-30(36-34(42-24)26-13-5-2-6-14-26)20-21-41-29-19-11-12-25(22-29)23-31-32(33(40)35-27-15-7-3-8-16-27)38-39(37-31)28-17-9-4-10-18-28/h2-19,22H,20-21,23H2,1H3,(H,35,40). The van der Waals surface area contributed by atoms with Crippen LogP contribution in [0.4, 0.5) is 5.69 Å². The van der Waals surface area contributed by atoms with E-state index in [1.54, 1.807) is 0 Å². The Morgan fingerprint density at radius 1 is 0.833 bits per heavy atom. The van der Waals surface area contributed by atoms with Gasteiger partial charge in [-0.1, -0.05) is 66.7 Å². The molecule has 0 bridgehead atoms. The number of carbonyl (C=O) groups excluding carboxylic acids is 1. The first-order valence-corrected chi connectivity index (χ1v) is 13.7. The highest BCUT2D eigenvalue weighted by molar-refractivity contribution is 6.03. The summed E-state index contributed by atoms with van der Waals surface area (Å²) in [7, 11) is 0. The van der Waals surface area contributed by atoms with Crippen molar-refractivity contribution in [3.8, 4) is 22.9 Å². The number of oxazole rings is 1. The Bertz CT molecular complexity index is 1780. The van der Waals surface area contributed by atoms with E-state index >= 15 is 0 Å². The minimum atomic E-state index is -0.316. The molecule has 1 N–H and O–H groups in total. The Morgan fingerprint density at radius 2 is 1.55 bits per heavy atom. The third kappa shape index (κ3) is 6.28. The van der Waals surface area contributed by atoms with Gasteiger partial charge in [0.25, 0.3) is 5.91 Å².